The van der Waals surface area contributed by atoms with E-state index in [0.717, 1.165) is 44.6 Å². The third kappa shape index (κ3) is 3.26. The Hall–Kier alpha value is -0.800. The molecule has 20 heavy (non-hydrogen) atoms. The van der Waals surface area contributed by atoms with E-state index in [2.05, 4.69) is 18.7 Å². The summed E-state index contributed by atoms with van der Waals surface area (Å²) in [6.45, 7) is 8.27. The maximum Gasteiger partial charge on any atom is 0.255 e. The number of unbranched alkanes of at least 4 members (excludes halogenated alkanes) is 2. The first-order chi connectivity index (χ1) is 9.71. The third-order valence-corrected chi connectivity index (χ3v) is 4.49. The molecule has 0 unspecified atom stereocenters. The molecule has 1 aliphatic heterocycles. The fourth-order valence-electron chi connectivity index (χ4n) is 2.96. The van der Waals surface area contributed by atoms with Gasteiger partial charge in [-0.2, -0.15) is 0 Å². The van der Waals surface area contributed by atoms with Gasteiger partial charge in [0, 0.05) is 37.3 Å². The Labute approximate surface area is 126 Å². The minimum atomic E-state index is 0.125. The van der Waals surface area contributed by atoms with Gasteiger partial charge in [0.25, 0.3) is 5.56 Å². The molecule has 2 rings (SSSR count). The van der Waals surface area contributed by atoms with E-state index in [1.807, 2.05) is 10.6 Å². The van der Waals surface area contributed by atoms with Gasteiger partial charge >= 0.3 is 0 Å². The highest BCUT2D eigenvalue weighted by atomic mass is 35.5. The first kappa shape index (κ1) is 15.6. The van der Waals surface area contributed by atoms with E-state index in [4.69, 9.17) is 11.6 Å². The lowest BCUT2D eigenvalue weighted by Crippen LogP contribution is -2.36. The van der Waals surface area contributed by atoms with Crippen LogP contribution in [0.25, 0.3) is 0 Å². The summed E-state index contributed by atoms with van der Waals surface area (Å²) >= 11 is 5.95. The molecule has 0 aliphatic carbocycles. The normalized spacial score (nSPS) is 15.3. The lowest BCUT2D eigenvalue weighted by molar-refractivity contribution is 0.261. The van der Waals surface area contributed by atoms with Gasteiger partial charge in [-0.1, -0.05) is 26.7 Å². The van der Waals surface area contributed by atoms with Crippen molar-refractivity contribution in [1.82, 2.24) is 9.47 Å². The molecule has 0 spiro atoms. The molecular formula is C16H25ClN2O. The molecule has 0 saturated carbocycles. The molecule has 0 saturated heterocycles. The SMILES string of the molecule is CCCCCn1c2c(cc(CCl)c1=O)CN(CC)CC2. The summed E-state index contributed by atoms with van der Waals surface area (Å²) in [5.41, 5.74) is 3.41. The zero-order chi connectivity index (χ0) is 14.5. The number of halogens is 1. The van der Waals surface area contributed by atoms with Crippen LogP contribution in [0.5, 0.6) is 0 Å². The van der Waals surface area contributed by atoms with E-state index >= 15 is 0 Å². The molecule has 4 heteroatoms. The largest absolute Gasteiger partial charge is 0.312 e. The van der Waals surface area contributed by atoms with Gasteiger partial charge < -0.3 is 4.57 Å². The van der Waals surface area contributed by atoms with Crippen LogP contribution in [0.4, 0.5) is 0 Å². The monoisotopic (exact) mass is 296 g/mol. The van der Waals surface area contributed by atoms with E-state index < -0.39 is 0 Å². The van der Waals surface area contributed by atoms with Gasteiger partial charge in [-0.25, -0.2) is 0 Å². The van der Waals surface area contributed by atoms with Gasteiger partial charge in [0.15, 0.2) is 0 Å². The van der Waals surface area contributed by atoms with Crippen LogP contribution >= 0.6 is 11.6 Å². The lowest BCUT2D eigenvalue weighted by Gasteiger charge is -2.30. The molecule has 1 aliphatic rings. The molecule has 0 aromatic carbocycles. The highest BCUT2D eigenvalue weighted by Crippen LogP contribution is 2.19. The van der Waals surface area contributed by atoms with Crippen LogP contribution in [-0.2, 0) is 25.4 Å². The number of likely N-dealkylation sites (N-methyl/N-ethyl adjacent to an activating group) is 1. The van der Waals surface area contributed by atoms with Crippen molar-refractivity contribution in [3.05, 3.63) is 33.2 Å². The summed E-state index contributed by atoms with van der Waals surface area (Å²) in [4.78, 5) is 14.9. The van der Waals surface area contributed by atoms with Gasteiger partial charge in [-0.3, -0.25) is 9.69 Å². The summed E-state index contributed by atoms with van der Waals surface area (Å²) in [6.07, 6.45) is 4.41. The predicted molar refractivity (Wildman–Crippen MR) is 84.4 cm³/mol. The van der Waals surface area contributed by atoms with Crippen LogP contribution in [-0.4, -0.2) is 22.6 Å². The predicted octanol–water partition coefficient (Wildman–Crippen LogP) is 3.16. The molecule has 0 N–H and O–H groups in total. The molecule has 3 nitrogen and oxygen atoms in total. The number of aromatic nitrogens is 1. The minimum absolute atomic E-state index is 0.125. The minimum Gasteiger partial charge on any atom is -0.312 e. The average Bonchev–Trinajstić information content (AvgIpc) is 2.48. The topological polar surface area (TPSA) is 25.2 Å². The summed E-state index contributed by atoms with van der Waals surface area (Å²) in [5, 5.41) is 0. The molecule has 0 atom stereocenters. The van der Waals surface area contributed by atoms with Crippen molar-refractivity contribution in [2.75, 3.05) is 13.1 Å². The number of fused-ring (bicyclic) bond motifs is 1. The highest BCUT2D eigenvalue weighted by molar-refractivity contribution is 6.17. The summed E-state index contributed by atoms with van der Waals surface area (Å²) in [5.74, 6) is 0.312. The van der Waals surface area contributed by atoms with Crippen LogP contribution in [0, 0.1) is 0 Å². The number of nitrogens with zero attached hydrogens (tertiary/aromatic N) is 2. The summed E-state index contributed by atoms with van der Waals surface area (Å²) in [7, 11) is 0. The standard InChI is InChI=1S/C16H25ClN2O/c1-3-5-6-8-19-15-7-9-18(4-2)12-14(15)10-13(11-17)16(19)20/h10H,3-9,11-12H2,1-2H3. The van der Waals surface area contributed by atoms with Crippen LogP contribution < -0.4 is 5.56 Å². The Morgan fingerprint density at radius 2 is 2.10 bits per heavy atom. The molecule has 0 radical (unpaired) electrons. The van der Waals surface area contributed by atoms with Crippen molar-refractivity contribution in [2.24, 2.45) is 0 Å². The second-order valence-electron chi connectivity index (χ2n) is 5.56. The highest BCUT2D eigenvalue weighted by Gasteiger charge is 2.20. The maximum absolute atomic E-state index is 12.5. The zero-order valence-corrected chi connectivity index (χ0v) is 13.4. The average molecular weight is 297 g/mol. The molecule has 0 bridgehead atoms. The molecule has 1 aromatic rings. The Bertz CT molecular complexity index is 510. The van der Waals surface area contributed by atoms with Crippen molar-refractivity contribution in [3.63, 3.8) is 0 Å². The fourth-order valence-corrected chi connectivity index (χ4v) is 3.15. The first-order valence-corrected chi connectivity index (χ1v) is 8.27. The fraction of sp³-hybridized carbons (Fsp3) is 0.688. The Morgan fingerprint density at radius 1 is 1.30 bits per heavy atom. The molecule has 0 amide bonds. The van der Waals surface area contributed by atoms with Crippen LogP contribution in [0.15, 0.2) is 10.9 Å². The zero-order valence-electron chi connectivity index (χ0n) is 12.6. The van der Waals surface area contributed by atoms with E-state index in [-0.39, 0.29) is 5.56 Å². The van der Waals surface area contributed by atoms with E-state index in [1.165, 1.54) is 24.1 Å². The summed E-state index contributed by atoms with van der Waals surface area (Å²) in [6, 6.07) is 2.03. The third-order valence-electron chi connectivity index (χ3n) is 4.20. The molecule has 2 heterocycles. The van der Waals surface area contributed by atoms with Crippen molar-refractivity contribution in [3.8, 4) is 0 Å². The van der Waals surface area contributed by atoms with Crippen LogP contribution in [0.2, 0.25) is 0 Å². The Morgan fingerprint density at radius 3 is 2.75 bits per heavy atom. The number of pyridine rings is 1. The Kier molecular flexibility index (Phi) is 5.67. The van der Waals surface area contributed by atoms with Gasteiger partial charge in [0.2, 0.25) is 0 Å². The molecule has 1 aromatic heterocycles. The van der Waals surface area contributed by atoms with E-state index in [0.29, 0.717) is 5.88 Å². The van der Waals surface area contributed by atoms with Crippen molar-refractivity contribution in [2.45, 2.75) is 58.5 Å². The molecule has 112 valence electrons. The number of hydrogen-bond acceptors (Lipinski definition) is 2. The van der Waals surface area contributed by atoms with Crippen LogP contribution in [0.1, 0.15) is 49.9 Å². The maximum atomic E-state index is 12.5. The van der Waals surface area contributed by atoms with Crippen molar-refractivity contribution >= 4 is 11.6 Å². The van der Waals surface area contributed by atoms with Gasteiger partial charge in [0.1, 0.15) is 0 Å². The van der Waals surface area contributed by atoms with Crippen LogP contribution in [0.3, 0.4) is 0 Å². The van der Waals surface area contributed by atoms with E-state index in [9.17, 15) is 4.79 Å². The summed E-state index contributed by atoms with van der Waals surface area (Å²) < 4.78 is 2.00. The second-order valence-corrected chi connectivity index (χ2v) is 5.83. The molecular weight excluding hydrogens is 272 g/mol. The van der Waals surface area contributed by atoms with Gasteiger partial charge in [-0.15, -0.1) is 11.6 Å². The van der Waals surface area contributed by atoms with Gasteiger partial charge in [-0.05, 0) is 24.6 Å². The van der Waals surface area contributed by atoms with E-state index in [1.54, 1.807) is 0 Å². The smallest absolute Gasteiger partial charge is 0.255 e. The molecule has 0 fully saturated rings. The number of rotatable bonds is 6. The quantitative estimate of drug-likeness (QED) is 0.595. The Balaban J connectivity index is 2.35. The first-order valence-electron chi connectivity index (χ1n) is 7.74. The van der Waals surface area contributed by atoms with Crippen molar-refractivity contribution < 1.29 is 0 Å². The lowest BCUT2D eigenvalue weighted by atomic mass is 10.0. The van der Waals surface area contributed by atoms with Crippen molar-refractivity contribution in [1.29, 1.82) is 0 Å². The number of hydrogen-bond donors (Lipinski definition) is 0. The second kappa shape index (κ2) is 7.28. The van der Waals surface area contributed by atoms with Gasteiger partial charge in [0.05, 0.1) is 5.88 Å². The number of alkyl halides is 1.